The van der Waals surface area contributed by atoms with Gasteiger partial charge in [-0.1, -0.05) is 33.3 Å². The first-order valence-corrected chi connectivity index (χ1v) is 10.1. The van der Waals surface area contributed by atoms with E-state index in [1.54, 1.807) is 6.08 Å². The van der Waals surface area contributed by atoms with Gasteiger partial charge in [0, 0.05) is 19.3 Å². The molecule has 26 heavy (non-hydrogen) atoms. The van der Waals surface area contributed by atoms with Crippen molar-refractivity contribution in [3.05, 3.63) is 12.7 Å². The second kappa shape index (κ2) is 6.34. The Bertz CT molecular complexity index is 575. The maximum atomic E-state index is 11.8. The fraction of sp³-hybridized carbons (Fsp3) is 0.864. The third-order valence-electron chi connectivity index (χ3n) is 7.65. The minimum Gasteiger partial charge on any atom is -0.462 e. The number of ether oxygens (including phenoxy) is 2. The Morgan fingerprint density at radius 1 is 1.38 bits per heavy atom. The summed E-state index contributed by atoms with van der Waals surface area (Å²) in [6.45, 7) is 14.9. The molecular weight excluding hydrogens is 328 g/mol. The summed E-state index contributed by atoms with van der Waals surface area (Å²) in [4.78, 5) is 11.8. The molecule has 3 aliphatic rings. The Labute approximate surface area is 158 Å². The van der Waals surface area contributed by atoms with E-state index in [1.807, 2.05) is 6.92 Å². The molecule has 0 radical (unpaired) electrons. The van der Waals surface area contributed by atoms with Crippen molar-refractivity contribution in [3.63, 3.8) is 0 Å². The lowest BCUT2D eigenvalue weighted by molar-refractivity contribution is -0.192. The van der Waals surface area contributed by atoms with Crippen LogP contribution in [0.3, 0.4) is 0 Å². The lowest BCUT2D eigenvalue weighted by Gasteiger charge is -2.61. The van der Waals surface area contributed by atoms with Crippen LogP contribution in [-0.2, 0) is 14.3 Å². The molecule has 148 valence electrons. The highest BCUT2D eigenvalue weighted by Gasteiger charge is 2.68. The number of hydrogen-bond donors (Lipinski definition) is 1. The Kier molecular flexibility index (Phi) is 4.85. The summed E-state index contributed by atoms with van der Waals surface area (Å²) in [7, 11) is 0. The third kappa shape index (κ3) is 3.35. The van der Waals surface area contributed by atoms with Gasteiger partial charge >= 0.3 is 5.97 Å². The van der Waals surface area contributed by atoms with E-state index in [-0.39, 0.29) is 28.5 Å². The predicted octanol–water partition coefficient (Wildman–Crippen LogP) is 4.26. The quantitative estimate of drug-likeness (QED) is 0.450. The molecule has 3 rings (SSSR count). The monoisotopic (exact) mass is 364 g/mol. The molecule has 1 saturated heterocycles. The Balaban J connectivity index is 1.95. The molecule has 3 fully saturated rings. The molecule has 0 unspecified atom stereocenters. The highest BCUT2D eigenvalue weighted by Crippen LogP contribution is 2.67. The Hall–Kier alpha value is -0.870. The maximum absolute atomic E-state index is 11.8. The molecule has 0 aromatic heterocycles. The molecule has 1 spiro atoms. The molecule has 2 saturated carbocycles. The Morgan fingerprint density at radius 2 is 2.04 bits per heavy atom. The SMILES string of the molecule is C=C[C@@](C)(O)CC[C@H]1[C@@]2(CO2)C[C@H](OC(C)=O)[C@H]2C(C)(C)CCC[C@@]21C. The van der Waals surface area contributed by atoms with Crippen LogP contribution in [0.1, 0.15) is 73.1 Å². The number of hydrogen-bond acceptors (Lipinski definition) is 4. The summed E-state index contributed by atoms with van der Waals surface area (Å²) in [6, 6.07) is 0. The minimum absolute atomic E-state index is 0.0495. The summed E-state index contributed by atoms with van der Waals surface area (Å²) >= 11 is 0. The third-order valence-corrected chi connectivity index (χ3v) is 7.65. The van der Waals surface area contributed by atoms with Crippen molar-refractivity contribution in [1.29, 1.82) is 0 Å². The average molecular weight is 365 g/mol. The molecule has 0 aromatic rings. The largest absolute Gasteiger partial charge is 0.462 e. The standard InChI is InChI=1S/C22H36O4/c1-7-20(5,24)12-9-17-21(6)11-8-10-19(3,4)18(21)16(26-15(2)23)13-22(17)14-25-22/h7,16-18,24H,1,8-14H2,2-6H3/t16-,17+,18-,20+,21+,22-/m0/s1. The van der Waals surface area contributed by atoms with Crippen LogP contribution in [0.25, 0.3) is 0 Å². The zero-order valence-electron chi connectivity index (χ0n) is 17.1. The number of carbonyl (C=O) groups is 1. The summed E-state index contributed by atoms with van der Waals surface area (Å²) in [5, 5.41) is 10.5. The van der Waals surface area contributed by atoms with Gasteiger partial charge in [-0.15, -0.1) is 6.58 Å². The van der Waals surface area contributed by atoms with E-state index in [0.717, 1.165) is 32.3 Å². The van der Waals surface area contributed by atoms with Crippen molar-refractivity contribution < 1.29 is 19.4 Å². The first-order chi connectivity index (χ1) is 12.0. The number of rotatable bonds is 5. The van der Waals surface area contributed by atoms with E-state index in [2.05, 4.69) is 27.4 Å². The average Bonchev–Trinajstić information content (AvgIpc) is 3.24. The van der Waals surface area contributed by atoms with Gasteiger partial charge < -0.3 is 14.6 Å². The van der Waals surface area contributed by atoms with Gasteiger partial charge in [0.25, 0.3) is 0 Å². The van der Waals surface area contributed by atoms with Crippen LogP contribution in [-0.4, -0.2) is 35.0 Å². The van der Waals surface area contributed by atoms with Crippen LogP contribution >= 0.6 is 0 Å². The van der Waals surface area contributed by atoms with E-state index in [4.69, 9.17) is 9.47 Å². The molecule has 2 aliphatic carbocycles. The van der Waals surface area contributed by atoms with Crippen molar-refractivity contribution in [2.45, 2.75) is 90.4 Å². The van der Waals surface area contributed by atoms with E-state index < -0.39 is 5.60 Å². The Morgan fingerprint density at radius 3 is 2.58 bits per heavy atom. The summed E-state index contributed by atoms with van der Waals surface area (Å²) in [6.07, 6.45) is 7.44. The number of carbonyl (C=O) groups excluding carboxylic acids is 1. The zero-order chi connectivity index (χ0) is 19.4. The van der Waals surface area contributed by atoms with Crippen LogP contribution in [0.5, 0.6) is 0 Å². The molecular formula is C22H36O4. The minimum atomic E-state index is -0.848. The first-order valence-electron chi connectivity index (χ1n) is 10.1. The first kappa shape index (κ1) is 19.9. The van der Waals surface area contributed by atoms with Gasteiger partial charge in [0.15, 0.2) is 0 Å². The number of fused-ring (bicyclic) bond motifs is 1. The van der Waals surface area contributed by atoms with Gasteiger partial charge in [-0.3, -0.25) is 4.79 Å². The van der Waals surface area contributed by atoms with Crippen LogP contribution < -0.4 is 0 Å². The van der Waals surface area contributed by atoms with E-state index in [9.17, 15) is 9.90 Å². The van der Waals surface area contributed by atoms with Crippen molar-refractivity contribution in [2.75, 3.05) is 6.61 Å². The van der Waals surface area contributed by atoms with Gasteiger partial charge in [-0.05, 0) is 49.4 Å². The predicted molar refractivity (Wildman–Crippen MR) is 102 cm³/mol. The highest BCUT2D eigenvalue weighted by atomic mass is 16.6. The van der Waals surface area contributed by atoms with Crippen molar-refractivity contribution in [1.82, 2.24) is 0 Å². The lowest BCUT2D eigenvalue weighted by atomic mass is 9.44. The van der Waals surface area contributed by atoms with Crippen molar-refractivity contribution in [3.8, 4) is 0 Å². The molecule has 1 N–H and O–H groups in total. The van der Waals surface area contributed by atoms with Gasteiger partial charge in [-0.2, -0.15) is 0 Å². The second-order valence-electron chi connectivity index (χ2n) is 10.2. The van der Waals surface area contributed by atoms with E-state index >= 15 is 0 Å². The highest BCUT2D eigenvalue weighted by molar-refractivity contribution is 5.66. The summed E-state index contributed by atoms with van der Waals surface area (Å²) in [5.74, 6) is 0.501. The molecule has 1 aliphatic heterocycles. The van der Waals surface area contributed by atoms with Crippen LogP contribution in [0.2, 0.25) is 0 Å². The van der Waals surface area contributed by atoms with Gasteiger partial charge in [0.1, 0.15) is 6.10 Å². The fourth-order valence-electron chi connectivity index (χ4n) is 6.52. The number of esters is 1. The summed E-state index contributed by atoms with van der Waals surface area (Å²) < 4.78 is 11.9. The smallest absolute Gasteiger partial charge is 0.302 e. The van der Waals surface area contributed by atoms with Crippen LogP contribution in [0.15, 0.2) is 12.7 Å². The normalized spacial score (nSPS) is 43.2. The molecule has 1 heterocycles. The second-order valence-corrected chi connectivity index (χ2v) is 10.2. The lowest BCUT2D eigenvalue weighted by Crippen LogP contribution is -2.61. The topological polar surface area (TPSA) is 59.1 Å². The number of epoxide rings is 1. The number of aliphatic hydroxyl groups is 1. The zero-order valence-corrected chi connectivity index (χ0v) is 17.1. The maximum Gasteiger partial charge on any atom is 0.302 e. The molecule has 6 atom stereocenters. The van der Waals surface area contributed by atoms with E-state index in [0.29, 0.717) is 18.3 Å². The fourth-order valence-corrected chi connectivity index (χ4v) is 6.52. The van der Waals surface area contributed by atoms with E-state index in [1.165, 1.54) is 13.3 Å². The molecule has 0 bridgehead atoms. The van der Waals surface area contributed by atoms with Crippen LogP contribution in [0, 0.1) is 22.7 Å². The molecule has 4 heteroatoms. The summed E-state index contributed by atoms with van der Waals surface area (Å²) in [5.41, 5.74) is -0.856. The molecule has 4 nitrogen and oxygen atoms in total. The molecule has 0 amide bonds. The van der Waals surface area contributed by atoms with Crippen molar-refractivity contribution >= 4 is 5.97 Å². The van der Waals surface area contributed by atoms with Gasteiger partial charge in [-0.25, -0.2) is 0 Å². The molecule has 0 aromatic carbocycles. The van der Waals surface area contributed by atoms with Gasteiger partial charge in [0.2, 0.25) is 0 Å². The van der Waals surface area contributed by atoms with Crippen LogP contribution in [0.4, 0.5) is 0 Å². The van der Waals surface area contributed by atoms with Crippen molar-refractivity contribution in [2.24, 2.45) is 22.7 Å². The van der Waals surface area contributed by atoms with Gasteiger partial charge in [0.05, 0.1) is 17.8 Å².